The fourth-order valence-corrected chi connectivity index (χ4v) is 7.67. The Morgan fingerprint density at radius 3 is 1.23 bits per heavy atom. The fourth-order valence-electron chi connectivity index (χ4n) is 2.23. The quantitative estimate of drug-likeness (QED) is 0.224. The number of sulfone groups is 1. The van der Waals surface area contributed by atoms with Gasteiger partial charge in [-0.3, -0.25) is 0 Å². The molecule has 0 aliphatic rings. The summed E-state index contributed by atoms with van der Waals surface area (Å²) < 4.78 is 40.3. The Bertz CT molecular complexity index is 910. The van der Waals surface area contributed by atoms with Gasteiger partial charge in [0, 0.05) is 10.7 Å². The molecule has 0 aliphatic carbocycles. The second-order valence-electron chi connectivity index (χ2n) is 6.06. The first-order valence-corrected chi connectivity index (χ1v) is 17.1. The summed E-state index contributed by atoms with van der Waals surface area (Å²) in [6.45, 7) is 0.834. The molecule has 0 fully saturated rings. The zero-order valence-electron chi connectivity index (χ0n) is 15.4. The summed E-state index contributed by atoms with van der Waals surface area (Å²) in [5, 5.41) is 1.45. The van der Waals surface area contributed by atoms with Crippen LogP contribution in [0, 0.1) is 0 Å². The van der Waals surface area contributed by atoms with Gasteiger partial charge in [-0.15, -0.1) is 0 Å². The predicted octanol–water partition coefficient (Wildman–Crippen LogP) is 8.64. The molecule has 0 N–H and O–H groups in total. The first-order chi connectivity index (χ1) is 14.5. The van der Waals surface area contributed by atoms with Crippen molar-refractivity contribution < 1.29 is 17.9 Å². The predicted molar refractivity (Wildman–Crippen MR) is 153 cm³/mol. The molecule has 2 unspecified atom stereocenters. The number of rotatable bonds is 10. The summed E-state index contributed by atoms with van der Waals surface area (Å²) in [7, 11) is -3.80. The molecule has 0 saturated heterocycles. The first kappa shape index (κ1) is 29.1. The summed E-state index contributed by atoms with van der Waals surface area (Å²) in [6, 6.07) is 6.13. The summed E-state index contributed by atoms with van der Waals surface area (Å²) in [5.74, 6) is 1.07. The molecule has 0 heterocycles. The van der Waals surface area contributed by atoms with Crippen molar-refractivity contribution in [1.29, 1.82) is 0 Å². The summed E-state index contributed by atoms with van der Waals surface area (Å²) in [5.41, 5.74) is 0. The molecule has 2 aromatic rings. The number of halogens is 8. The van der Waals surface area contributed by atoms with E-state index < -0.39 is 9.84 Å². The van der Waals surface area contributed by atoms with Gasteiger partial charge in [0.05, 0.1) is 37.3 Å². The van der Waals surface area contributed by atoms with Gasteiger partial charge in [-0.2, -0.15) is 0 Å². The van der Waals surface area contributed by atoms with Crippen molar-refractivity contribution in [1.82, 2.24) is 0 Å². The van der Waals surface area contributed by atoms with E-state index in [1.54, 1.807) is 0 Å². The van der Waals surface area contributed by atoms with Crippen LogP contribution < -0.4 is 9.47 Å². The van der Waals surface area contributed by atoms with Gasteiger partial charge in [0.1, 0.15) is 24.7 Å². The Kier molecular flexibility index (Phi) is 12.4. The van der Waals surface area contributed by atoms with Gasteiger partial charge in [-0.05, 0) is 88.0 Å². The Hall–Kier alpha value is 1.83. The van der Waals surface area contributed by atoms with Crippen molar-refractivity contribution in [3.63, 3.8) is 0 Å². The lowest BCUT2D eigenvalue weighted by Gasteiger charge is -2.16. The van der Waals surface area contributed by atoms with Crippen molar-refractivity contribution in [3.8, 4) is 11.5 Å². The van der Waals surface area contributed by atoms with Crippen molar-refractivity contribution in [3.05, 3.63) is 42.2 Å². The van der Waals surface area contributed by atoms with Crippen LogP contribution in [0.5, 0.6) is 11.5 Å². The molecule has 0 amide bonds. The van der Waals surface area contributed by atoms with Crippen LogP contribution in [0.25, 0.3) is 0 Å². The van der Waals surface area contributed by atoms with Crippen LogP contribution in [0.15, 0.2) is 51.9 Å². The number of hydrogen-bond donors (Lipinski definition) is 0. The van der Waals surface area contributed by atoms with E-state index in [-0.39, 0.29) is 19.4 Å². The van der Waals surface area contributed by atoms with Crippen molar-refractivity contribution >= 4 is 137 Å². The third kappa shape index (κ3) is 7.91. The molecule has 2 aromatic carbocycles. The topological polar surface area (TPSA) is 52.6 Å². The van der Waals surface area contributed by atoms with Crippen LogP contribution in [-0.2, 0) is 9.84 Å². The van der Waals surface area contributed by atoms with E-state index in [0.29, 0.717) is 42.6 Å². The Morgan fingerprint density at radius 1 is 0.677 bits per heavy atom. The maximum absolute atomic E-state index is 13.3. The van der Waals surface area contributed by atoms with Crippen molar-refractivity contribution in [2.24, 2.45) is 0 Å². The van der Waals surface area contributed by atoms with Crippen LogP contribution in [0.1, 0.15) is 0 Å². The minimum absolute atomic E-state index is 0.125. The van der Waals surface area contributed by atoms with E-state index >= 15 is 0 Å². The zero-order valence-corrected chi connectivity index (χ0v) is 28.9. The third-order valence-electron chi connectivity index (χ3n) is 3.72. The second-order valence-corrected chi connectivity index (χ2v) is 15.3. The molecule has 0 saturated carbocycles. The average Bonchev–Trinajstić information content (AvgIpc) is 2.71. The molecule has 0 spiro atoms. The van der Waals surface area contributed by atoms with E-state index in [1.165, 1.54) is 24.3 Å². The maximum Gasteiger partial charge on any atom is 0.206 e. The summed E-state index contributed by atoms with van der Waals surface area (Å²) in [4.78, 5) is 0.502. The van der Waals surface area contributed by atoms with Gasteiger partial charge in [0.2, 0.25) is 9.84 Å². The molecular weight excluding hydrogens is 951 g/mol. The molecule has 0 bridgehead atoms. The molecule has 0 aliphatic heterocycles. The van der Waals surface area contributed by atoms with Crippen LogP contribution in [-0.4, -0.2) is 41.9 Å². The molecule has 4 nitrogen and oxygen atoms in total. The Balaban J connectivity index is 2.37. The summed E-state index contributed by atoms with van der Waals surface area (Å²) in [6.07, 6.45) is 0. The maximum atomic E-state index is 13.3. The monoisotopic (exact) mass is 957 g/mol. The van der Waals surface area contributed by atoms with E-state index in [2.05, 4.69) is 127 Å². The number of ether oxygens (including phenoxy) is 2. The number of benzene rings is 2. The van der Waals surface area contributed by atoms with E-state index in [9.17, 15) is 8.42 Å². The van der Waals surface area contributed by atoms with E-state index in [1.807, 2.05) is 0 Å². The molecule has 0 radical (unpaired) electrons. The number of alkyl halides is 4. The second kappa shape index (κ2) is 13.2. The Morgan fingerprint density at radius 2 is 0.968 bits per heavy atom. The summed E-state index contributed by atoms with van der Waals surface area (Å²) >= 11 is 27.4. The lowest BCUT2D eigenvalue weighted by atomic mass is 10.3. The highest BCUT2D eigenvalue weighted by Gasteiger charge is 2.24. The van der Waals surface area contributed by atoms with Gasteiger partial charge in [-0.1, -0.05) is 63.7 Å². The van der Waals surface area contributed by atoms with Gasteiger partial charge < -0.3 is 9.47 Å². The van der Waals surface area contributed by atoms with Crippen LogP contribution in [0.2, 0.25) is 0 Å². The lowest BCUT2D eigenvalue weighted by molar-refractivity contribution is 0.321. The van der Waals surface area contributed by atoms with Crippen molar-refractivity contribution in [2.45, 2.75) is 19.4 Å². The largest absolute Gasteiger partial charge is 0.490 e. The van der Waals surface area contributed by atoms with Crippen LogP contribution in [0.4, 0.5) is 0 Å². The SMILES string of the molecule is O=S(=O)(c1cc(Br)c(OCC(Br)CBr)c(Br)c1)c1cc(Br)c(OCC(Br)CBr)c(Br)c1. The molecule has 31 heavy (non-hydrogen) atoms. The van der Waals surface area contributed by atoms with Gasteiger partial charge >= 0.3 is 0 Å². The smallest absolute Gasteiger partial charge is 0.206 e. The van der Waals surface area contributed by atoms with E-state index in [0.717, 1.165) is 10.7 Å². The van der Waals surface area contributed by atoms with Crippen LogP contribution in [0.3, 0.4) is 0 Å². The number of hydrogen-bond acceptors (Lipinski definition) is 4. The van der Waals surface area contributed by atoms with Crippen LogP contribution >= 0.6 is 127 Å². The molecule has 172 valence electrons. The molecule has 2 rings (SSSR count). The minimum atomic E-state index is -3.80. The average molecular weight is 966 g/mol. The van der Waals surface area contributed by atoms with Gasteiger partial charge in [0.25, 0.3) is 0 Å². The third-order valence-corrected chi connectivity index (χ3v) is 12.3. The molecule has 2 atom stereocenters. The van der Waals surface area contributed by atoms with E-state index in [4.69, 9.17) is 9.47 Å². The molecule has 13 heteroatoms. The van der Waals surface area contributed by atoms with Crippen molar-refractivity contribution in [2.75, 3.05) is 23.9 Å². The lowest BCUT2D eigenvalue weighted by Crippen LogP contribution is -2.13. The van der Waals surface area contributed by atoms with Gasteiger partial charge in [0.15, 0.2) is 0 Å². The zero-order chi connectivity index (χ0) is 23.3. The standard InChI is InChI=1S/C18H14Br8O4S/c19-5-9(21)7-29-17-13(23)1-11(2-14(17)24)31(27,28)12-3-15(25)18(16(26)4-12)30-8-10(22)6-20/h1-4,9-10H,5-8H2. The molecule has 0 aromatic heterocycles. The first-order valence-electron chi connectivity index (χ1n) is 8.40. The fraction of sp³-hybridized carbons (Fsp3) is 0.333. The Labute approximate surface area is 248 Å². The minimum Gasteiger partial charge on any atom is -0.490 e. The molecular formula is C18H14Br8O4S. The highest BCUT2D eigenvalue weighted by atomic mass is 79.9. The highest BCUT2D eigenvalue weighted by Crippen LogP contribution is 2.41. The normalized spacial score (nSPS) is 13.7. The van der Waals surface area contributed by atoms with Gasteiger partial charge in [-0.25, -0.2) is 8.42 Å². The highest BCUT2D eigenvalue weighted by molar-refractivity contribution is 9.12.